The van der Waals surface area contributed by atoms with Gasteiger partial charge in [0.2, 0.25) is 5.85 Å². The summed E-state index contributed by atoms with van der Waals surface area (Å²) >= 11 is 0. The first-order valence-electron chi connectivity index (χ1n) is 12.6. The van der Waals surface area contributed by atoms with Crippen LogP contribution >= 0.6 is 7.75 Å². The third-order valence-corrected chi connectivity index (χ3v) is 7.89. The molecule has 3 rings (SSSR count). The van der Waals surface area contributed by atoms with Crippen LogP contribution in [0.15, 0.2) is 52.2 Å². The molecule has 39 heavy (non-hydrogen) atoms. The molecule has 0 amide bonds. The van der Waals surface area contributed by atoms with Gasteiger partial charge < -0.3 is 19.1 Å². The fourth-order valence-electron chi connectivity index (χ4n) is 4.19. The lowest BCUT2D eigenvalue weighted by atomic mass is 9.98. The van der Waals surface area contributed by atoms with Gasteiger partial charge in [0.25, 0.3) is 5.56 Å². The predicted octanol–water partition coefficient (Wildman–Crippen LogP) is 2.96. The van der Waals surface area contributed by atoms with E-state index < -0.39 is 55.6 Å². The molecule has 1 saturated carbocycles. The average molecular weight is 572 g/mol. The minimum absolute atomic E-state index is 0.120. The second kappa shape index (κ2) is 13.0. The summed E-state index contributed by atoms with van der Waals surface area (Å²) in [6.07, 6.45) is 4.34. The zero-order valence-electron chi connectivity index (χ0n) is 22.1. The molecule has 1 aromatic carbocycles. The molecule has 4 atom stereocenters. The first-order chi connectivity index (χ1) is 18.3. The number of carbonyl (C=O) groups is 1. The Morgan fingerprint density at radius 3 is 2.51 bits per heavy atom. The van der Waals surface area contributed by atoms with Crippen molar-refractivity contribution in [3.05, 3.63) is 63.4 Å². The highest BCUT2D eigenvalue weighted by Gasteiger charge is 2.44. The monoisotopic (exact) mass is 571 g/mol. The normalized spacial score (nSPS) is 19.7. The zero-order valence-corrected chi connectivity index (χ0v) is 23.0. The van der Waals surface area contributed by atoms with Gasteiger partial charge in [0.15, 0.2) is 0 Å². The maximum atomic E-state index is 15.8. The van der Waals surface area contributed by atoms with Crippen LogP contribution in [0.2, 0.25) is 0 Å². The van der Waals surface area contributed by atoms with E-state index in [0.717, 1.165) is 58.4 Å². The SMILES string of the molecule is CO[C@](F)(COP(=O)(NC(C)C(=O)OC1CCCCC1)Oc1ccccc1)C[C@@](C)(O)n1ccc(=O)[nH]c1=O. The van der Waals surface area contributed by atoms with Gasteiger partial charge in [0.05, 0.1) is 6.42 Å². The number of benzene rings is 1. The van der Waals surface area contributed by atoms with E-state index in [-0.39, 0.29) is 11.9 Å². The number of H-pyrrole nitrogens is 1. The molecule has 2 unspecified atom stereocenters. The van der Waals surface area contributed by atoms with Gasteiger partial charge in [-0.1, -0.05) is 24.6 Å². The molecule has 14 heteroatoms. The number of para-hydroxylation sites is 1. The topological polar surface area (TPSA) is 158 Å². The molecular formula is C25H35FN3O9P. The summed E-state index contributed by atoms with van der Waals surface area (Å²) in [6.45, 7) is 1.52. The standard InChI is InChI=1S/C25H35FN3O9P/c1-18(22(31)37-19-10-6-4-7-11-19)28-39(34,38-20-12-8-5-9-13-20)36-17-25(26,35-3)16-24(2,33)29-15-14-21(30)27-23(29)32/h5,8-9,12-15,18-19,33H,4,6-7,10-11,16-17H2,1-3H3,(H,28,34)(H,27,30,32)/t18?,24-,25+,39?/m1/s1. The van der Waals surface area contributed by atoms with Crippen molar-refractivity contribution in [3.8, 4) is 5.75 Å². The Morgan fingerprint density at radius 2 is 1.90 bits per heavy atom. The Labute approximate surface area is 225 Å². The predicted molar refractivity (Wildman–Crippen MR) is 139 cm³/mol. The van der Waals surface area contributed by atoms with Crippen LogP contribution in [0.5, 0.6) is 5.75 Å². The molecule has 12 nitrogen and oxygen atoms in total. The number of aromatic nitrogens is 2. The summed E-state index contributed by atoms with van der Waals surface area (Å²) in [7, 11) is -3.44. The molecule has 0 bridgehead atoms. The average Bonchev–Trinajstić information content (AvgIpc) is 2.88. The Hall–Kier alpha value is -2.83. The number of nitrogens with zero attached hydrogens (tertiary/aromatic N) is 1. The van der Waals surface area contributed by atoms with Crippen LogP contribution in [-0.4, -0.2) is 52.3 Å². The molecule has 0 aliphatic heterocycles. The quantitative estimate of drug-likeness (QED) is 0.241. The minimum Gasteiger partial charge on any atom is -0.461 e. The highest BCUT2D eigenvalue weighted by molar-refractivity contribution is 7.52. The van der Waals surface area contributed by atoms with Crippen LogP contribution in [0.25, 0.3) is 0 Å². The minimum atomic E-state index is -4.44. The number of halogens is 1. The second-order valence-electron chi connectivity index (χ2n) is 9.68. The molecule has 3 N–H and O–H groups in total. The summed E-state index contributed by atoms with van der Waals surface area (Å²) in [4.78, 5) is 38.2. The van der Waals surface area contributed by atoms with Gasteiger partial charge in [-0.3, -0.25) is 23.7 Å². The van der Waals surface area contributed by atoms with Crippen molar-refractivity contribution >= 4 is 13.7 Å². The summed E-state index contributed by atoms with van der Waals surface area (Å²) < 4.78 is 51.6. The molecule has 0 saturated heterocycles. The summed E-state index contributed by atoms with van der Waals surface area (Å²) in [6, 6.07) is 7.78. The fraction of sp³-hybridized carbons (Fsp3) is 0.560. The smallest absolute Gasteiger partial charge is 0.459 e. The number of esters is 1. The molecule has 1 fully saturated rings. The molecule has 1 aliphatic rings. The van der Waals surface area contributed by atoms with Crippen LogP contribution in [0.4, 0.5) is 4.39 Å². The van der Waals surface area contributed by atoms with Crippen molar-refractivity contribution in [3.63, 3.8) is 0 Å². The number of nitrogens with one attached hydrogen (secondary N) is 2. The van der Waals surface area contributed by atoms with E-state index in [4.69, 9.17) is 18.5 Å². The van der Waals surface area contributed by atoms with Crippen LogP contribution in [0.3, 0.4) is 0 Å². The van der Waals surface area contributed by atoms with E-state index in [0.29, 0.717) is 4.57 Å². The highest BCUT2D eigenvalue weighted by atomic mass is 31.2. The number of hydrogen-bond donors (Lipinski definition) is 3. The lowest BCUT2D eigenvalue weighted by molar-refractivity contribution is -0.198. The Morgan fingerprint density at radius 1 is 1.23 bits per heavy atom. The highest BCUT2D eigenvalue weighted by Crippen LogP contribution is 2.46. The van der Waals surface area contributed by atoms with Crippen LogP contribution in [-0.2, 0) is 29.1 Å². The summed E-state index contributed by atoms with van der Waals surface area (Å²) in [5.74, 6) is -3.33. The van der Waals surface area contributed by atoms with Gasteiger partial charge >= 0.3 is 19.4 Å². The molecule has 0 radical (unpaired) electrons. The van der Waals surface area contributed by atoms with Gasteiger partial charge in [0, 0.05) is 19.4 Å². The summed E-state index contributed by atoms with van der Waals surface area (Å²) in [5.41, 5.74) is -3.86. The Balaban J connectivity index is 1.76. The second-order valence-corrected chi connectivity index (χ2v) is 11.4. The van der Waals surface area contributed by atoms with Crippen LogP contribution < -0.4 is 20.9 Å². The van der Waals surface area contributed by atoms with Gasteiger partial charge in [-0.25, -0.2) is 13.8 Å². The van der Waals surface area contributed by atoms with E-state index in [1.807, 2.05) is 4.98 Å². The Kier molecular flexibility index (Phi) is 10.2. The van der Waals surface area contributed by atoms with E-state index >= 15 is 4.39 Å². The van der Waals surface area contributed by atoms with E-state index in [9.17, 15) is 24.1 Å². The van der Waals surface area contributed by atoms with Gasteiger partial charge in [-0.2, -0.15) is 5.09 Å². The number of alkyl halides is 1. The van der Waals surface area contributed by atoms with E-state index in [2.05, 4.69) is 5.09 Å². The lowest BCUT2D eigenvalue weighted by Crippen LogP contribution is -2.48. The fourth-order valence-corrected chi connectivity index (χ4v) is 5.72. The number of aromatic amines is 1. The van der Waals surface area contributed by atoms with Crippen LogP contribution in [0.1, 0.15) is 52.4 Å². The van der Waals surface area contributed by atoms with E-state index in [1.54, 1.807) is 18.2 Å². The number of hydrogen-bond acceptors (Lipinski definition) is 9. The molecular weight excluding hydrogens is 536 g/mol. The number of rotatable bonds is 13. The summed E-state index contributed by atoms with van der Waals surface area (Å²) in [5, 5.41) is 13.3. The maximum Gasteiger partial charge on any atom is 0.459 e. The van der Waals surface area contributed by atoms with Crippen molar-refractivity contribution in [2.24, 2.45) is 0 Å². The first-order valence-corrected chi connectivity index (χ1v) is 14.2. The molecule has 1 aromatic heterocycles. The van der Waals surface area contributed by atoms with Crippen molar-refractivity contribution in [1.29, 1.82) is 0 Å². The molecule has 216 valence electrons. The lowest BCUT2D eigenvalue weighted by Gasteiger charge is -2.34. The molecule has 2 aromatic rings. The zero-order chi connectivity index (χ0) is 28.7. The number of carbonyl (C=O) groups excluding carboxylic acids is 1. The van der Waals surface area contributed by atoms with Crippen molar-refractivity contribution in [2.75, 3.05) is 13.7 Å². The van der Waals surface area contributed by atoms with Crippen molar-refractivity contribution in [1.82, 2.24) is 14.6 Å². The third-order valence-electron chi connectivity index (χ3n) is 6.27. The largest absolute Gasteiger partial charge is 0.461 e. The van der Waals surface area contributed by atoms with Gasteiger partial charge in [0.1, 0.15) is 30.2 Å². The number of aliphatic hydroxyl groups is 1. The Bertz CT molecular complexity index is 1260. The number of ether oxygens (including phenoxy) is 2. The molecule has 0 spiro atoms. The third kappa shape index (κ3) is 8.84. The molecule has 1 aliphatic carbocycles. The van der Waals surface area contributed by atoms with E-state index in [1.165, 1.54) is 19.1 Å². The van der Waals surface area contributed by atoms with Gasteiger partial charge in [-0.05, 0) is 51.7 Å². The van der Waals surface area contributed by atoms with Crippen molar-refractivity contribution < 1.29 is 37.4 Å². The van der Waals surface area contributed by atoms with Crippen LogP contribution in [0, 0.1) is 0 Å². The van der Waals surface area contributed by atoms with Crippen molar-refractivity contribution in [2.45, 2.75) is 76.1 Å². The maximum absolute atomic E-state index is 15.8. The van der Waals surface area contributed by atoms with Gasteiger partial charge in [-0.15, -0.1) is 0 Å². The first kappa shape index (κ1) is 30.7. The number of methoxy groups -OCH3 is 1. The molecule has 1 heterocycles.